The van der Waals surface area contributed by atoms with Gasteiger partial charge in [-0.15, -0.1) is 0 Å². The van der Waals surface area contributed by atoms with E-state index in [1.54, 1.807) is 19.1 Å². The summed E-state index contributed by atoms with van der Waals surface area (Å²) in [6.07, 6.45) is 1.65. The molecule has 1 aliphatic rings. The second kappa shape index (κ2) is 9.46. The van der Waals surface area contributed by atoms with Gasteiger partial charge in [-0.25, -0.2) is 0 Å². The Kier molecular flexibility index (Phi) is 7.30. The molecule has 0 saturated carbocycles. The highest BCUT2D eigenvalue weighted by atomic mass is 16.5. The normalized spacial score (nSPS) is 20.0. The zero-order chi connectivity index (χ0) is 19.1. The van der Waals surface area contributed by atoms with E-state index in [0.29, 0.717) is 25.4 Å². The van der Waals surface area contributed by atoms with Crippen molar-refractivity contribution in [2.75, 3.05) is 26.3 Å². The number of nitrogens with zero attached hydrogens (tertiary/aromatic N) is 2. The van der Waals surface area contributed by atoms with Crippen LogP contribution in [-0.2, 0) is 9.59 Å². The number of carbonyl (C=O) groups is 2. The van der Waals surface area contributed by atoms with Crippen molar-refractivity contribution in [2.45, 2.75) is 52.6 Å². The third kappa shape index (κ3) is 4.90. The molecule has 0 aliphatic carbocycles. The second-order valence-electron chi connectivity index (χ2n) is 6.53. The monoisotopic (exact) mass is 362 g/mol. The molecule has 1 aliphatic heterocycles. The summed E-state index contributed by atoms with van der Waals surface area (Å²) in [4.78, 5) is 28.4. The van der Waals surface area contributed by atoms with Crippen LogP contribution in [0.4, 0.5) is 0 Å². The molecule has 0 radical (unpaired) electrons. The summed E-state index contributed by atoms with van der Waals surface area (Å²) < 4.78 is 11.1. The lowest BCUT2D eigenvalue weighted by Gasteiger charge is -2.45. The molecule has 0 unspecified atom stereocenters. The van der Waals surface area contributed by atoms with Crippen LogP contribution in [0, 0.1) is 0 Å². The van der Waals surface area contributed by atoms with Crippen molar-refractivity contribution < 1.29 is 19.1 Å². The van der Waals surface area contributed by atoms with Gasteiger partial charge in [-0.05, 0) is 44.0 Å². The number of hydrogen-bond acceptors (Lipinski definition) is 4. The summed E-state index contributed by atoms with van der Waals surface area (Å²) in [5.41, 5.74) is 0. The molecule has 2 rings (SSSR count). The number of rotatable bonds is 7. The molecule has 6 heteroatoms. The van der Waals surface area contributed by atoms with Gasteiger partial charge in [-0.2, -0.15) is 0 Å². The van der Waals surface area contributed by atoms with E-state index in [-0.39, 0.29) is 30.5 Å². The molecule has 1 fully saturated rings. The van der Waals surface area contributed by atoms with E-state index in [2.05, 4.69) is 0 Å². The molecule has 0 aromatic heterocycles. The summed E-state index contributed by atoms with van der Waals surface area (Å²) in [5.74, 6) is 1.47. The van der Waals surface area contributed by atoms with Crippen molar-refractivity contribution in [1.29, 1.82) is 0 Å². The Morgan fingerprint density at radius 1 is 0.923 bits per heavy atom. The first-order valence-corrected chi connectivity index (χ1v) is 9.42. The summed E-state index contributed by atoms with van der Waals surface area (Å²) in [6.45, 7) is 9.40. The predicted octanol–water partition coefficient (Wildman–Crippen LogP) is 2.71. The molecule has 1 aromatic carbocycles. The minimum Gasteiger partial charge on any atom is -0.494 e. The van der Waals surface area contributed by atoms with Crippen LogP contribution in [0.25, 0.3) is 0 Å². The van der Waals surface area contributed by atoms with Crippen molar-refractivity contribution in [3.8, 4) is 11.5 Å². The SMILES string of the molecule is CCOc1ccc(OCC(=O)N2C[C@@H](CC)N(C(C)=O)C[C@@H]2CC)cc1. The average molecular weight is 362 g/mol. The van der Waals surface area contributed by atoms with Crippen LogP contribution in [-0.4, -0.2) is 60.0 Å². The summed E-state index contributed by atoms with van der Waals surface area (Å²) in [6, 6.07) is 7.38. The molecule has 0 bridgehead atoms. The minimum absolute atomic E-state index is 0.000979. The van der Waals surface area contributed by atoms with Gasteiger partial charge >= 0.3 is 0 Å². The molecule has 1 heterocycles. The fourth-order valence-electron chi connectivity index (χ4n) is 3.37. The number of amides is 2. The Bertz CT molecular complexity index is 602. The molecule has 2 amide bonds. The Morgan fingerprint density at radius 3 is 1.92 bits per heavy atom. The molecule has 0 N–H and O–H groups in total. The Morgan fingerprint density at radius 2 is 1.42 bits per heavy atom. The first-order chi connectivity index (χ1) is 12.5. The van der Waals surface area contributed by atoms with Gasteiger partial charge in [0.25, 0.3) is 5.91 Å². The van der Waals surface area contributed by atoms with E-state index >= 15 is 0 Å². The molecule has 0 spiro atoms. The maximum absolute atomic E-state index is 12.7. The first kappa shape index (κ1) is 20.1. The maximum Gasteiger partial charge on any atom is 0.260 e. The molecule has 144 valence electrons. The molecule has 6 nitrogen and oxygen atoms in total. The van der Waals surface area contributed by atoms with Crippen LogP contribution in [0.15, 0.2) is 24.3 Å². The molecule has 26 heavy (non-hydrogen) atoms. The van der Waals surface area contributed by atoms with Crippen molar-refractivity contribution in [3.05, 3.63) is 24.3 Å². The number of piperazine rings is 1. The van der Waals surface area contributed by atoms with E-state index in [4.69, 9.17) is 9.47 Å². The number of ether oxygens (including phenoxy) is 2. The highest BCUT2D eigenvalue weighted by Crippen LogP contribution is 2.21. The lowest BCUT2D eigenvalue weighted by atomic mass is 10.0. The van der Waals surface area contributed by atoms with E-state index in [1.807, 2.05) is 42.7 Å². The van der Waals surface area contributed by atoms with Gasteiger partial charge in [0.1, 0.15) is 11.5 Å². The van der Waals surface area contributed by atoms with Gasteiger partial charge < -0.3 is 19.3 Å². The smallest absolute Gasteiger partial charge is 0.260 e. The number of benzene rings is 1. The first-order valence-electron chi connectivity index (χ1n) is 9.42. The summed E-state index contributed by atoms with van der Waals surface area (Å²) in [5, 5.41) is 0. The van der Waals surface area contributed by atoms with Gasteiger partial charge in [-0.1, -0.05) is 13.8 Å². The van der Waals surface area contributed by atoms with Gasteiger partial charge in [0.05, 0.1) is 6.61 Å². The Labute approximate surface area is 156 Å². The van der Waals surface area contributed by atoms with Crippen LogP contribution in [0.3, 0.4) is 0 Å². The maximum atomic E-state index is 12.7. The fraction of sp³-hybridized carbons (Fsp3) is 0.600. The lowest BCUT2D eigenvalue weighted by molar-refractivity contribution is -0.147. The van der Waals surface area contributed by atoms with Crippen LogP contribution in [0.5, 0.6) is 11.5 Å². The van der Waals surface area contributed by atoms with E-state index in [9.17, 15) is 9.59 Å². The average Bonchev–Trinajstić information content (AvgIpc) is 2.66. The van der Waals surface area contributed by atoms with Gasteiger partial charge in [0.15, 0.2) is 6.61 Å². The van der Waals surface area contributed by atoms with Gasteiger partial charge in [-0.3, -0.25) is 9.59 Å². The summed E-state index contributed by atoms with van der Waals surface area (Å²) in [7, 11) is 0. The molecular weight excluding hydrogens is 332 g/mol. The van der Waals surface area contributed by atoms with Gasteiger partial charge in [0, 0.05) is 32.1 Å². The molecule has 1 aromatic rings. The number of hydrogen-bond donors (Lipinski definition) is 0. The van der Waals surface area contributed by atoms with Crippen molar-refractivity contribution in [3.63, 3.8) is 0 Å². The third-order valence-electron chi connectivity index (χ3n) is 4.86. The van der Waals surface area contributed by atoms with Gasteiger partial charge in [0.2, 0.25) is 5.91 Å². The second-order valence-corrected chi connectivity index (χ2v) is 6.53. The molecular formula is C20H30N2O4. The van der Waals surface area contributed by atoms with Crippen LogP contribution in [0.1, 0.15) is 40.5 Å². The van der Waals surface area contributed by atoms with Crippen molar-refractivity contribution >= 4 is 11.8 Å². The lowest BCUT2D eigenvalue weighted by Crippen LogP contribution is -2.61. The Balaban J connectivity index is 1.97. The fourth-order valence-corrected chi connectivity index (χ4v) is 3.37. The van der Waals surface area contributed by atoms with Crippen LogP contribution in [0.2, 0.25) is 0 Å². The standard InChI is InChI=1S/C20H30N2O4/c1-5-16-13-22(17(6-2)12-21(16)15(4)23)20(24)14-26-19-10-8-18(9-11-19)25-7-3/h8-11,16-17H,5-7,12-14H2,1-4H3/t16-,17+/m1/s1. The third-order valence-corrected chi connectivity index (χ3v) is 4.86. The quantitative estimate of drug-likeness (QED) is 0.748. The highest BCUT2D eigenvalue weighted by Gasteiger charge is 2.35. The molecule has 2 atom stereocenters. The van der Waals surface area contributed by atoms with Crippen molar-refractivity contribution in [2.24, 2.45) is 0 Å². The predicted molar refractivity (Wildman–Crippen MR) is 100 cm³/mol. The van der Waals surface area contributed by atoms with E-state index in [1.165, 1.54) is 0 Å². The Hall–Kier alpha value is -2.24. The van der Waals surface area contributed by atoms with Crippen LogP contribution >= 0.6 is 0 Å². The van der Waals surface area contributed by atoms with E-state index in [0.717, 1.165) is 18.6 Å². The molecule has 1 saturated heterocycles. The topological polar surface area (TPSA) is 59.1 Å². The van der Waals surface area contributed by atoms with E-state index < -0.39 is 0 Å². The minimum atomic E-state index is -0.0348. The van der Waals surface area contributed by atoms with Crippen molar-refractivity contribution in [1.82, 2.24) is 9.80 Å². The largest absolute Gasteiger partial charge is 0.494 e. The zero-order valence-corrected chi connectivity index (χ0v) is 16.2. The van der Waals surface area contributed by atoms with Crippen LogP contribution < -0.4 is 9.47 Å². The zero-order valence-electron chi connectivity index (χ0n) is 16.2. The summed E-state index contributed by atoms with van der Waals surface area (Å²) >= 11 is 0. The number of carbonyl (C=O) groups excluding carboxylic acids is 2. The highest BCUT2D eigenvalue weighted by molar-refractivity contribution is 5.79.